The predicted molar refractivity (Wildman–Crippen MR) is 131 cm³/mol. The van der Waals surface area contributed by atoms with Crippen molar-refractivity contribution in [3.05, 3.63) is 88.4 Å². The van der Waals surface area contributed by atoms with Crippen LogP contribution in [0.4, 0.5) is 0 Å². The Bertz CT molecular complexity index is 1470. The molecule has 0 unspecified atom stereocenters. The number of nitrogens with one attached hydrogen (secondary N) is 1. The number of benzene rings is 3. The Morgan fingerprint density at radius 2 is 1.76 bits per heavy atom. The molecule has 3 N–H and O–H groups in total. The summed E-state index contributed by atoms with van der Waals surface area (Å²) in [6.45, 7) is 1.32. The van der Waals surface area contributed by atoms with Gasteiger partial charge in [-0.05, 0) is 29.3 Å². The minimum atomic E-state index is -4.11. The Morgan fingerprint density at radius 1 is 1.03 bits per heavy atom. The van der Waals surface area contributed by atoms with Crippen LogP contribution < -0.4 is 5.14 Å². The fraction of sp³-hybridized carbons (Fsp3) is 0.0800. The minimum Gasteiger partial charge on any atom is -0.461 e. The number of fused-ring (bicyclic) bond motifs is 1. The molecule has 0 bridgehead atoms. The van der Waals surface area contributed by atoms with E-state index in [-0.39, 0.29) is 11.5 Å². The second-order valence-corrected chi connectivity index (χ2v) is 9.39. The molecule has 0 aliphatic heterocycles. The van der Waals surface area contributed by atoms with E-state index in [2.05, 4.69) is 4.98 Å². The van der Waals surface area contributed by atoms with Gasteiger partial charge in [0.15, 0.2) is 0 Å². The van der Waals surface area contributed by atoms with Crippen LogP contribution in [0.1, 0.15) is 23.6 Å². The van der Waals surface area contributed by atoms with Crippen LogP contribution in [0, 0.1) is 0 Å². The monoisotopic (exact) mass is 480 g/mol. The van der Waals surface area contributed by atoms with Crippen LogP contribution in [0.5, 0.6) is 0 Å². The van der Waals surface area contributed by atoms with E-state index in [4.69, 9.17) is 21.5 Å². The standard InChI is InChI=1S/C25H21ClN2O4S/c1-16(29)32-15-22-20-6-2-3-8-23(20)28-24(22)21-7-4-5-18(25(21)33(27,30)31)12-9-17-10-13-19(26)14-11-17/h2-14,28H,15H2,1H3,(H2,27,30,31). The molecule has 4 rings (SSSR count). The van der Waals surface area contributed by atoms with Gasteiger partial charge in [-0.2, -0.15) is 0 Å². The highest BCUT2D eigenvalue weighted by Crippen LogP contribution is 2.36. The maximum atomic E-state index is 12.7. The Hall–Kier alpha value is -3.39. The fourth-order valence-electron chi connectivity index (χ4n) is 3.71. The van der Waals surface area contributed by atoms with E-state index in [9.17, 15) is 13.2 Å². The van der Waals surface area contributed by atoms with Crippen molar-refractivity contribution in [2.75, 3.05) is 0 Å². The lowest BCUT2D eigenvalue weighted by Gasteiger charge is -2.12. The summed E-state index contributed by atoms with van der Waals surface area (Å²) < 4.78 is 30.7. The van der Waals surface area contributed by atoms with Crippen LogP contribution in [0.2, 0.25) is 5.02 Å². The van der Waals surface area contributed by atoms with Crippen molar-refractivity contribution in [2.45, 2.75) is 18.4 Å². The van der Waals surface area contributed by atoms with Gasteiger partial charge < -0.3 is 9.72 Å². The highest BCUT2D eigenvalue weighted by molar-refractivity contribution is 7.89. The molecule has 0 fully saturated rings. The number of rotatable bonds is 6. The van der Waals surface area contributed by atoms with Crippen LogP contribution >= 0.6 is 11.6 Å². The number of para-hydroxylation sites is 1. The van der Waals surface area contributed by atoms with Crippen molar-refractivity contribution in [3.63, 3.8) is 0 Å². The third kappa shape index (κ3) is 5.01. The number of carbonyl (C=O) groups is 1. The predicted octanol–water partition coefficient (Wildman–Crippen LogP) is 5.37. The van der Waals surface area contributed by atoms with E-state index in [0.29, 0.717) is 27.4 Å². The minimum absolute atomic E-state index is 0.0103. The number of hydrogen-bond acceptors (Lipinski definition) is 4. The number of nitrogens with two attached hydrogens (primary N) is 1. The first-order valence-corrected chi connectivity index (χ1v) is 12.0. The van der Waals surface area contributed by atoms with E-state index in [0.717, 1.165) is 16.5 Å². The van der Waals surface area contributed by atoms with Gasteiger partial charge in [-0.1, -0.05) is 72.3 Å². The average molecular weight is 481 g/mol. The third-order valence-electron chi connectivity index (χ3n) is 5.16. The summed E-state index contributed by atoms with van der Waals surface area (Å²) in [6.07, 6.45) is 3.48. The van der Waals surface area contributed by atoms with E-state index < -0.39 is 16.0 Å². The lowest BCUT2D eigenvalue weighted by Crippen LogP contribution is -2.15. The van der Waals surface area contributed by atoms with Crippen molar-refractivity contribution < 1.29 is 17.9 Å². The van der Waals surface area contributed by atoms with Crippen molar-refractivity contribution in [1.82, 2.24) is 4.98 Å². The number of sulfonamides is 1. The molecule has 0 amide bonds. The first-order chi connectivity index (χ1) is 15.7. The maximum absolute atomic E-state index is 12.7. The lowest BCUT2D eigenvalue weighted by molar-refractivity contribution is -0.142. The zero-order valence-electron chi connectivity index (χ0n) is 17.7. The van der Waals surface area contributed by atoms with Gasteiger partial charge in [-0.3, -0.25) is 4.79 Å². The van der Waals surface area contributed by atoms with E-state index in [1.54, 1.807) is 42.5 Å². The molecule has 0 spiro atoms. The Kier molecular flexibility index (Phi) is 6.37. The van der Waals surface area contributed by atoms with Crippen LogP contribution in [0.25, 0.3) is 34.3 Å². The van der Waals surface area contributed by atoms with E-state index in [1.165, 1.54) is 6.92 Å². The molecule has 3 aromatic carbocycles. The number of carbonyl (C=O) groups excluding carboxylic acids is 1. The van der Waals surface area contributed by atoms with Gasteiger partial charge in [0.05, 0.1) is 10.6 Å². The number of aromatic nitrogens is 1. The molecule has 8 heteroatoms. The molecule has 6 nitrogen and oxygen atoms in total. The number of esters is 1. The van der Waals surface area contributed by atoms with Gasteiger partial charge in [-0.25, -0.2) is 13.6 Å². The van der Waals surface area contributed by atoms with Gasteiger partial charge in [-0.15, -0.1) is 0 Å². The normalized spacial score (nSPS) is 11.8. The van der Waals surface area contributed by atoms with Crippen molar-refractivity contribution >= 4 is 50.6 Å². The SMILES string of the molecule is CC(=O)OCc1c(-c2cccc(C=Cc3ccc(Cl)cc3)c2S(N)(=O)=O)[nH]c2ccccc12. The quantitative estimate of drug-likeness (QED) is 0.286. The highest BCUT2D eigenvalue weighted by atomic mass is 35.5. The zero-order valence-corrected chi connectivity index (χ0v) is 19.3. The molecule has 0 aliphatic carbocycles. The molecular weight excluding hydrogens is 460 g/mol. The van der Waals surface area contributed by atoms with Gasteiger partial charge in [0.2, 0.25) is 10.0 Å². The van der Waals surface area contributed by atoms with E-state index in [1.807, 2.05) is 36.4 Å². The molecule has 33 heavy (non-hydrogen) atoms. The molecule has 0 radical (unpaired) electrons. The van der Waals surface area contributed by atoms with Gasteiger partial charge in [0.1, 0.15) is 6.61 Å². The molecule has 1 aromatic heterocycles. The summed E-state index contributed by atoms with van der Waals surface area (Å²) in [5, 5.41) is 7.11. The lowest BCUT2D eigenvalue weighted by atomic mass is 10.0. The third-order valence-corrected chi connectivity index (χ3v) is 6.43. The first-order valence-electron chi connectivity index (χ1n) is 10.1. The van der Waals surface area contributed by atoms with Crippen molar-refractivity contribution in [3.8, 4) is 11.3 Å². The van der Waals surface area contributed by atoms with E-state index >= 15 is 0 Å². The Morgan fingerprint density at radius 3 is 2.45 bits per heavy atom. The van der Waals surface area contributed by atoms with Gasteiger partial charge in [0.25, 0.3) is 0 Å². The van der Waals surface area contributed by atoms with Crippen molar-refractivity contribution in [2.24, 2.45) is 5.14 Å². The molecule has 168 valence electrons. The summed E-state index contributed by atoms with van der Waals surface area (Å²) >= 11 is 5.94. The zero-order chi connectivity index (χ0) is 23.6. The van der Waals surface area contributed by atoms with Crippen LogP contribution in [0.15, 0.2) is 71.6 Å². The number of aromatic amines is 1. The molecule has 1 heterocycles. The largest absolute Gasteiger partial charge is 0.461 e. The first kappa shape index (κ1) is 22.8. The van der Waals surface area contributed by atoms with Gasteiger partial charge >= 0.3 is 5.97 Å². The highest BCUT2D eigenvalue weighted by Gasteiger charge is 2.23. The summed E-state index contributed by atoms with van der Waals surface area (Å²) in [5.74, 6) is -0.433. The smallest absolute Gasteiger partial charge is 0.302 e. The number of H-pyrrole nitrogens is 1. The molecule has 0 aliphatic rings. The summed E-state index contributed by atoms with van der Waals surface area (Å²) in [7, 11) is -4.11. The Labute approximate surface area is 196 Å². The molecule has 0 saturated heterocycles. The molecule has 0 saturated carbocycles. The van der Waals surface area contributed by atoms with Gasteiger partial charge in [0, 0.05) is 34.0 Å². The second kappa shape index (κ2) is 9.23. The second-order valence-electron chi connectivity index (χ2n) is 7.46. The summed E-state index contributed by atoms with van der Waals surface area (Å²) in [5.41, 5.74) is 3.67. The number of ether oxygens (including phenoxy) is 1. The van der Waals surface area contributed by atoms with Crippen LogP contribution in [-0.4, -0.2) is 19.4 Å². The Balaban J connectivity index is 1.91. The number of hydrogen-bond donors (Lipinski definition) is 2. The topological polar surface area (TPSA) is 102 Å². The average Bonchev–Trinajstić information content (AvgIpc) is 3.15. The number of primary sulfonamides is 1. The molecule has 4 aromatic rings. The summed E-state index contributed by atoms with van der Waals surface area (Å²) in [6, 6.07) is 19.8. The molecular formula is C25H21ClN2O4S. The van der Waals surface area contributed by atoms with Crippen LogP contribution in [0.3, 0.4) is 0 Å². The number of halogens is 1. The molecule has 0 atom stereocenters. The maximum Gasteiger partial charge on any atom is 0.302 e. The van der Waals surface area contributed by atoms with Crippen molar-refractivity contribution in [1.29, 1.82) is 0 Å². The summed E-state index contributed by atoms with van der Waals surface area (Å²) in [4.78, 5) is 14.7. The fourth-order valence-corrected chi connectivity index (χ4v) is 4.78. The van der Waals surface area contributed by atoms with Crippen LogP contribution in [-0.2, 0) is 26.2 Å².